The summed E-state index contributed by atoms with van der Waals surface area (Å²) in [7, 11) is -2.90. The number of rotatable bonds is 5. The maximum Gasteiger partial charge on any atom is 0.180 e. The van der Waals surface area contributed by atoms with Crippen molar-refractivity contribution in [2.45, 2.75) is 25.7 Å². The van der Waals surface area contributed by atoms with Crippen LogP contribution in [0, 0.1) is 3.95 Å². The topological polar surface area (TPSA) is 55.2 Å². The highest BCUT2D eigenvalue weighted by Gasteiger charge is 2.32. The molecule has 2 aromatic rings. The molecule has 5 nitrogen and oxygen atoms in total. The van der Waals surface area contributed by atoms with Gasteiger partial charge >= 0.3 is 0 Å². The molecule has 1 fully saturated rings. The SMILES string of the molecule is O=S1(=O)CCC(N(Cc2cccs2)Cn2ncsc2=S)C1. The number of hydrogen-bond acceptors (Lipinski definition) is 7. The van der Waals surface area contributed by atoms with E-state index in [0.29, 0.717) is 17.0 Å². The third-order valence-corrected chi connectivity index (χ3v) is 7.25. The van der Waals surface area contributed by atoms with Gasteiger partial charge in [-0.15, -0.1) is 11.3 Å². The zero-order valence-corrected chi connectivity index (χ0v) is 14.5. The van der Waals surface area contributed by atoms with E-state index in [0.717, 1.165) is 6.54 Å². The molecule has 0 spiro atoms. The minimum absolute atomic E-state index is 0.0423. The molecule has 0 N–H and O–H groups in total. The lowest BCUT2D eigenvalue weighted by atomic mass is 10.2. The van der Waals surface area contributed by atoms with Crippen molar-refractivity contribution in [1.29, 1.82) is 0 Å². The lowest BCUT2D eigenvalue weighted by Crippen LogP contribution is -2.37. The normalized spacial score (nSPS) is 21.1. The molecule has 0 aliphatic carbocycles. The molecule has 2 aromatic heterocycles. The summed E-state index contributed by atoms with van der Waals surface area (Å²) in [5.74, 6) is 0.511. The third-order valence-electron chi connectivity index (χ3n) is 3.53. The Morgan fingerprint density at radius 3 is 2.90 bits per heavy atom. The Labute approximate surface area is 136 Å². The molecular formula is C12H15N3O2S4. The highest BCUT2D eigenvalue weighted by atomic mass is 32.2. The molecule has 114 valence electrons. The molecule has 1 atom stereocenters. The predicted molar refractivity (Wildman–Crippen MR) is 87.9 cm³/mol. The van der Waals surface area contributed by atoms with E-state index in [4.69, 9.17) is 12.2 Å². The zero-order chi connectivity index (χ0) is 14.9. The van der Waals surface area contributed by atoms with Crippen LogP contribution in [0.1, 0.15) is 11.3 Å². The molecule has 9 heteroatoms. The van der Waals surface area contributed by atoms with Crippen LogP contribution in [-0.2, 0) is 23.1 Å². The van der Waals surface area contributed by atoms with E-state index in [1.165, 1.54) is 16.2 Å². The molecule has 0 saturated carbocycles. The molecule has 0 aromatic carbocycles. The van der Waals surface area contributed by atoms with Crippen LogP contribution in [0.5, 0.6) is 0 Å². The smallest absolute Gasteiger partial charge is 0.180 e. The van der Waals surface area contributed by atoms with E-state index in [1.54, 1.807) is 21.5 Å². The fourth-order valence-electron chi connectivity index (χ4n) is 2.46. The van der Waals surface area contributed by atoms with Gasteiger partial charge in [0.05, 0.1) is 18.2 Å². The van der Waals surface area contributed by atoms with Gasteiger partial charge in [-0.2, -0.15) is 5.10 Å². The number of thiophene rings is 1. The lowest BCUT2D eigenvalue weighted by molar-refractivity contribution is 0.148. The molecule has 3 heterocycles. The first-order valence-corrected chi connectivity index (χ1v) is 10.5. The van der Waals surface area contributed by atoms with E-state index in [9.17, 15) is 8.42 Å². The molecule has 0 amide bonds. The van der Waals surface area contributed by atoms with Crippen LogP contribution in [0.3, 0.4) is 0 Å². The van der Waals surface area contributed by atoms with E-state index in [1.807, 2.05) is 11.4 Å². The van der Waals surface area contributed by atoms with Gasteiger partial charge in [0.1, 0.15) is 5.51 Å². The predicted octanol–water partition coefficient (Wildman–Crippen LogP) is 2.38. The first kappa shape index (κ1) is 15.3. The second-order valence-electron chi connectivity index (χ2n) is 5.03. The van der Waals surface area contributed by atoms with Gasteiger partial charge < -0.3 is 0 Å². The van der Waals surface area contributed by atoms with Gasteiger partial charge in [-0.05, 0) is 30.1 Å². The second-order valence-corrected chi connectivity index (χ2v) is 9.77. The number of aromatic nitrogens is 2. The Balaban J connectivity index is 1.81. The van der Waals surface area contributed by atoms with Crippen LogP contribution in [-0.4, -0.2) is 40.6 Å². The van der Waals surface area contributed by atoms with Gasteiger partial charge in [-0.1, -0.05) is 17.4 Å². The Hall–Kier alpha value is -0.610. The minimum Gasteiger partial charge on any atom is -0.275 e. The van der Waals surface area contributed by atoms with Crippen LogP contribution in [0.2, 0.25) is 0 Å². The van der Waals surface area contributed by atoms with Crippen molar-refractivity contribution in [2.75, 3.05) is 11.5 Å². The average molecular weight is 362 g/mol. The monoisotopic (exact) mass is 361 g/mol. The van der Waals surface area contributed by atoms with Crippen LogP contribution in [0.15, 0.2) is 23.0 Å². The number of nitrogens with zero attached hydrogens (tertiary/aromatic N) is 3. The summed E-state index contributed by atoms with van der Waals surface area (Å²) in [4.78, 5) is 3.40. The van der Waals surface area contributed by atoms with E-state index < -0.39 is 9.84 Å². The van der Waals surface area contributed by atoms with Crippen molar-refractivity contribution < 1.29 is 8.42 Å². The van der Waals surface area contributed by atoms with Crippen molar-refractivity contribution in [3.05, 3.63) is 31.9 Å². The van der Waals surface area contributed by atoms with Gasteiger partial charge in [0.2, 0.25) is 0 Å². The number of sulfone groups is 1. The van der Waals surface area contributed by atoms with E-state index >= 15 is 0 Å². The Kier molecular flexibility index (Phi) is 4.55. The number of hydrogen-bond donors (Lipinski definition) is 0. The summed E-state index contributed by atoms with van der Waals surface area (Å²) in [5, 5.41) is 6.27. The van der Waals surface area contributed by atoms with Gasteiger partial charge in [0.15, 0.2) is 13.8 Å². The minimum atomic E-state index is -2.90. The van der Waals surface area contributed by atoms with Crippen LogP contribution >= 0.6 is 34.9 Å². The van der Waals surface area contributed by atoms with Crippen molar-refractivity contribution in [3.8, 4) is 0 Å². The standard InChI is InChI=1S/C12H15N3O2S4/c16-21(17)5-3-10(7-21)14(6-11-2-1-4-19-11)9-15-12(18)20-8-13-15/h1-2,4,8,10H,3,5-7,9H2. The molecule has 0 radical (unpaired) electrons. The highest BCUT2D eigenvalue weighted by molar-refractivity contribution is 7.91. The largest absolute Gasteiger partial charge is 0.275 e. The summed E-state index contributed by atoms with van der Waals surface area (Å²) >= 11 is 8.35. The Bertz CT molecular complexity index is 748. The van der Waals surface area contributed by atoms with E-state index in [2.05, 4.69) is 16.1 Å². The summed E-state index contributed by atoms with van der Waals surface area (Å²) in [6.45, 7) is 1.28. The van der Waals surface area contributed by atoms with Crippen LogP contribution in [0.4, 0.5) is 0 Å². The Morgan fingerprint density at radius 1 is 1.48 bits per heavy atom. The van der Waals surface area contributed by atoms with Crippen molar-refractivity contribution in [2.24, 2.45) is 0 Å². The summed E-state index contributed by atoms with van der Waals surface area (Å²) < 4.78 is 26.0. The summed E-state index contributed by atoms with van der Waals surface area (Å²) in [6, 6.07) is 4.13. The van der Waals surface area contributed by atoms with Crippen molar-refractivity contribution >= 4 is 44.7 Å². The molecule has 1 aliphatic heterocycles. The fraction of sp³-hybridized carbons (Fsp3) is 0.500. The van der Waals surface area contributed by atoms with Crippen molar-refractivity contribution in [1.82, 2.24) is 14.7 Å². The van der Waals surface area contributed by atoms with Crippen LogP contribution in [0.25, 0.3) is 0 Å². The molecule has 1 unspecified atom stereocenters. The molecule has 3 rings (SSSR count). The summed E-state index contributed by atoms with van der Waals surface area (Å²) in [5.41, 5.74) is 1.72. The maximum atomic E-state index is 11.8. The lowest BCUT2D eigenvalue weighted by Gasteiger charge is -2.27. The summed E-state index contributed by atoms with van der Waals surface area (Å²) in [6.07, 6.45) is 0.686. The highest BCUT2D eigenvalue weighted by Crippen LogP contribution is 2.22. The van der Waals surface area contributed by atoms with Gasteiger partial charge in [-0.25, -0.2) is 13.1 Å². The molecule has 21 heavy (non-hydrogen) atoms. The molecule has 0 bridgehead atoms. The molecular weight excluding hydrogens is 346 g/mol. The Morgan fingerprint density at radius 2 is 2.33 bits per heavy atom. The second kappa shape index (κ2) is 6.25. The average Bonchev–Trinajstić information content (AvgIpc) is 3.12. The maximum absolute atomic E-state index is 11.8. The fourth-order valence-corrected chi connectivity index (χ4v) is 5.66. The van der Waals surface area contributed by atoms with Gasteiger partial charge in [-0.3, -0.25) is 4.90 Å². The van der Waals surface area contributed by atoms with Crippen LogP contribution < -0.4 is 0 Å². The third kappa shape index (κ3) is 3.78. The molecule has 1 saturated heterocycles. The van der Waals surface area contributed by atoms with Gasteiger partial charge in [0.25, 0.3) is 0 Å². The zero-order valence-electron chi connectivity index (χ0n) is 11.2. The van der Waals surface area contributed by atoms with E-state index in [-0.39, 0.29) is 17.5 Å². The molecule has 1 aliphatic rings. The quantitative estimate of drug-likeness (QED) is 0.766. The first-order chi connectivity index (χ1) is 10.0. The first-order valence-electron chi connectivity index (χ1n) is 6.51. The van der Waals surface area contributed by atoms with Crippen molar-refractivity contribution in [3.63, 3.8) is 0 Å². The van der Waals surface area contributed by atoms with Gasteiger partial charge in [0, 0.05) is 17.5 Å².